The fourth-order valence-corrected chi connectivity index (χ4v) is 2.58. The van der Waals surface area contributed by atoms with Crippen LogP contribution in [-0.2, 0) is 6.73 Å². The summed E-state index contributed by atoms with van der Waals surface area (Å²) < 4.78 is 41.1. The number of ether oxygens (including phenoxy) is 3. The SMILES string of the molecule is COc1cc(NC(=O)c2ccn(COc3ccccc3Cl)n2)ccc1OC(F)F. The fraction of sp³-hybridized carbons (Fsp3) is 0.158. The number of nitrogens with one attached hydrogen (secondary N) is 1. The molecule has 0 unspecified atom stereocenters. The predicted molar refractivity (Wildman–Crippen MR) is 102 cm³/mol. The van der Waals surface area contributed by atoms with Gasteiger partial charge in [-0.15, -0.1) is 0 Å². The minimum Gasteiger partial charge on any atom is -0.493 e. The van der Waals surface area contributed by atoms with Crippen LogP contribution in [0.1, 0.15) is 10.5 Å². The molecule has 0 radical (unpaired) electrons. The minimum absolute atomic E-state index is 0.0572. The molecule has 0 spiro atoms. The van der Waals surface area contributed by atoms with Gasteiger partial charge in [-0.2, -0.15) is 13.9 Å². The summed E-state index contributed by atoms with van der Waals surface area (Å²) in [5.41, 5.74) is 0.468. The van der Waals surface area contributed by atoms with E-state index in [9.17, 15) is 13.6 Å². The lowest BCUT2D eigenvalue weighted by atomic mass is 10.2. The Morgan fingerprint density at radius 2 is 1.97 bits per heavy atom. The third-order valence-electron chi connectivity index (χ3n) is 3.70. The maximum absolute atomic E-state index is 12.4. The normalized spacial score (nSPS) is 10.7. The molecule has 0 aliphatic carbocycles. The number of nitrogens with zero attached hydrogens (tertiary/aromatic N) is 2. The van der Waals surface area contributed by atoms with E-state index in [0.29, 0.717) is 16.5 Å². The van der Waals surface area contributed by atoms with E-state index in [2.05, 4.69) is 15.2 Å². The highest BCUT2D eigenvalue weighted by atomic mass is 35.5. The number of aromatic nitrogens is 2. The summed E-state index contributed by atoms with van der Waals surface area (Å²) >= 11 is 6.02. The van der Waals surface area contributed by atoms with Crippen molar-refractivity contribution in [2.24, 2.45) is 0 Å². The maximum atomic E-state index is 12.4. The summed E-state index contributed by atoms with van der Waals surface area (Å²) in [6, 6.07) is 12.6. The highest BCUT2D eigenvalue weighted by molar-refractivity contribution is 6.32. The van der Waals surface area contributed by atoms with Crippen LogP contribution in [-0.4, -0.2) is 29.4 Å². The molecule has 1 heterocycles. The summed E-state index contributed by atoms with van der Waals surface area (Å²) in [4.78, 5) is 12.4. The Morgan fingerprint density at radius 3 is 2.69 bits per heavy atom. The number of benzene rings is 2. The summed E-state index contributed by atoms with van der Waals surface area (Å²) in [5.74, 6) is -0.0804. The van der Waals surface area contributed by atoms with Crippen LogP contribution >= 0.6 is 11.6 Å². The first-order valence-corrected chi connectivity index (χ1v) is 8.69. The quantitative estimate of drug-likeness (QED) is 0.580. The number of carbonyl (C=O) groups is 1. The summed E-state index contributed by atoms with van der Waals surface area (Å²) in [6.45, 7) is -2.92. The van der Waals surface area contributed by atoms with Gasteiger partial charge in [0.25, 0.3) is 5.91 Å². The van der Waals surface area contributed by atoms with Crippen molar-refractivity contribution < 1.29 is 27.8 Å². The van der Waals surface area contributed by atoms with Crippen molar-refractivity contribution in [3.8, 4) is 17.2 Å². The van der Waals surface area contributed by atoms with Gasteiger partial charge in [0.2, 0.25) is 0 Å². The molecule has 0 saturated heterocycles. The van der Waals surface area contributed by atoms with Gasteiger partial charge in [-0.25, -0.2) is 4.68 Å². The number of para-hydroxylation sites is 1. The molecule has 0 aliphatic rings. The van der Waals surface area contributed by atoms with Gasteiger partial charge >= 0.3 is 6.61 Å². The summed E-state index contributed by atoms with van der Waals surface area (Å²) in [5, 5.41) is 7.21. The van der Waals surface area contributed by atoms with Crippen LogP contribution in [0.25, 0.3) is 0 Å². The van der Waals surface area contributed by atoms with E-state index < -0.39 is 12.5 Å². The smallest absolute Gasteiger partial charge is 0.387 e. The largest absolute Gasteiger partial charge is 0.493 e. The average Bonchev–Trinajstić information content (AvgIpc) is 3.17. The van der Waals surface area contributed by atoms with Crippen LogP contribution in [0.15, 0.2) is 54.7 Å². The molecule has 0 aliphatic heterocycles. The number of anilines is 1. The third-order valence-corrected chi connectivity index (χ3v) is 4.01. The van der Waals surface area contributed by atoms with Gasteiger partial charge in [0.15, 0.2) is 23.9 Å². The van der Waals surface area contributed by atoms with Crippen molar-refractivity contribution in [2.45, 2.75) is 13.3 Å². The van der Waals surface area contributed by atoms with Crippen molar-refractivity contribution in [2.75, 3.05) is 12.4 Å². The van der Waals surface area contributed by atoms with Gasteiger partial charge < -0.3 is 19.5 Å². The number of amides is 1. The van der Waals surface area contributed by atoms with Crippen molar-refractivity contribution >= 4 is 23.2 Å². The highest BCUT2D eigenvalue weighted by Gasteiger charge is 2.14. The molecule has 0 bridgehead atoms. The van der Waals surface area contributed by atoms with Gasteiger partial charge in [0.05, 0.1) is 12.1 Å². The predicted octanol–water partition coefficient (Wildman–Crippen LogP) is 4.44. The van der Waals surface area contributed by atoms with Gasteiger partial charge in [-0.1, -0.05) is 23.7 Å². The number of methoxy groups -OCH3 is 1. The second-order valence-corrected chi connectivity index (χ2v) is 6.05. The van der Waals surface area contributed by atoms with Crippen LogP contribution in [0.3, 0.4) is 0 Å². The zero-order chi connectivity index (χ0) is 20.8. The first-order valence-electron chi connectivity index (χ1n) is 8.31. The minimum atomic E-state index is -2.98. The first kappa shape index (κ1) is 20.4. The lowest BCUT2D eigenvalue weighted by Crippen LogP contribution is -2.14. The number of rotatable bonds is 8. The van der Waals surface area contributed by atoms with Gasteiger partial charge in [-0.05, 0) is 30.3 Å². The van der Waals surface area contributed by atoms with E-state index in [1.807, 2.05) is 0 Å². The molecular formula is C19H16ClF2N3O4. The first-order chi connectivity index (χ1) is 14.0. The van der Waals surface area contributed by atoms with Crippen molar-refractivity contribution in [3.05, 3.63) is 65.4 Å². The summed E-state index contributed by atoms with van der Waals surface area (Å²) in [6.07, 6.45) is 1.58. The second kappa shape index (κ2) is 9.24. The number of hydrogen-bond acceptors (Lipinski definition) is 5. The number of halogens is 3. The third kappa shape index (κ3) is 5.35. The Labute approximate surface area is 169 Å². The lowest BCUT2D eigenvalue weighted by Gasteiger charge is -2.11. The Hall–Kier alpha value is -3.33. The Kier molecular flexibility index (Phi) is 6.50. The molecule has 0 saturated carbocycles. The van der Waals surface area contributed by atoms with Crippen LogP contribution in [0.5, 0.6) is 17.2 Å². The van der Waals surface area contributed by atoms with Crippen LogP contribution in [0.4, 0.5) is 14.5 Å². The molecule has 1 aromatic heterocycles. The topological polar surface area (TPSA) is 74.6 Å². The van der Waals surface area contributed by atoms with Crippen molar-refractivity contribution in [1.29, 1.82) is 0 Å². The summed E-state index contributed by atoms with van der Waals surface area (Å²) in [7, 11) is 1.31. The van der Waals surface area contributed by atoms with Crippen LogP contribution in [0, 0.1) is 0 Å². The lowest BCUT2D eigenvalue weighted by molar-refractivity contribution is -0.0512. The maximum Gasteiger partial charge on any atom is 0.387 e. The second-order valence-electron chi connectivity index (χ2n) is 5.64. The number of hydrogen-bond donors (Lipinski definition) is 1. The molecule has 152 valence electrons. The molecule has 10 heteroatoms. The number of alkyl halides is 2. The Morgan fingerprint density at radius 1 is 1.17 bits per heavy atom. The van der Waals surface area contributed by atoms with E-state index in [1.165, 1.54) is 36.1 Å². The van der Waals surface area contributed by atoms with Crippen LogP contribution in [0.2, 0.25) is 5.02 Å². The molecule has 1 amide bonds. The van der Waals surface area contributed by atoms with Crippen molar-refractivity contribution in [3.63, 3.8) is 0 Å². The molecule has 7 nitrogen and oxygen atoms in total. The molecule has 3 rings (SSSR count). The van der Waals surface area contributed by atoms with E-state index in [1.54, 1.807) is 30.5 Å². The Balaban J connectivity index is 1.63. The molecule has 3 aromatic rings. The molecule has 0 fully saturated rings. The number of carbonyl (C=O) groups excluding carboxylic acids is 1. The van der Waals surface area contributed by atoms with Crippen molar-refractivity contribution in [1.82, 2.24) is 9.78 Å². The highest BCUT2D eigenvalue weighted by Crippen LogP contribution is 2.31. The van der Waals surface area contributed by atoms with Gasteiger partial charge in [-0.3, -0.25) is 4.79 Å². The fourth-order valence-electron chi connectivity index (χ4n) is 2.39. The average molecular weight is 424 g/mol. The van der Waals surface area contributed by atoms with Gasteiger partial charge in [0.1, 0.15) is 5.75 Å². The monoisotopic (exact) mass is 423 g/mol. The zero-order valence-electron chi connectivity index (χ0n) is 15.1. The van der Waals surface area contributed by atoms with E-state index >= 15 is 0 Å². The van der Waals surface area contributed by atoms with Crippen LogP contribution < -0.4 is 19.5 Å². The standard InChI is InChI=1S/C19H16ClF2N3O4/c1-27-17-10-12(6-7-16(17)29-19(21)22)23-18(26)14-8-9-25(24-14)11-28-15-5-3-2-4-13(15)20/h2-10,19H,11H2,1H3,(H,23,26). The Bertz CT molecular complexity index is 997. The van der Waals surface area contributed by atoms with Gasteiger partial charge in [0, 0.05) is 18.0 Å². The molecule has 2 aromatic carbocycles. The molecule has 1 N–H and O–H groups in total. The van der Waals surface area contributed by atoms with E-state index in [-0.39, 0.29) is 23.9 Å². The zero-order valence-corrected chi connectivity index (χ0v) is 15.9. The molecule has 29 heavy (non-hydrogen) atoms. The van der Waals surface area contributed by atoms with E-state index in [0.717, 1.165) is 0 Å². The van der Waals surface area contributed by atoms with E-state index in [4.69, 9.17) is 21.1 Å². The molecular weight excluding hydrogens is 408 g/mol. The molecule has 0 atom stereocenters.